The molecule has 1 saturated heterocycles. The largest absolute Gasteiger partial charge is 0.352 e. The number of hydrogen-bond donors (Lipinski definition) is 1. The highest BCUT2D eigenvalue weighted by molar-refractivity contribution is 5.94. The molecule has 6 nitrogen and oxygen atoms in total. The van der Waals surface area contributed by atoms with Crippen LogP contribution in [0.5, 0.6) is 0 Å². The van der Waals surface area contributed by atoms with Gasteiger partial charge in [0.15, 0.2) is 0 Å². The van der Waals surface area contributed by atoms with Crippen LogP contribution in [0.1, 0.15) is 34.3 Å². The van der Waals surface area contributed by atoms with Crippen LogP contribution >= 0.6 is 0 Å². The molecule has 0 saturated carbocycles. The highest BCUT2D eigenvalue weighted by Crippen LogP contribution is 2.19. The Morgan fingerprint density at radius 1 is 1.06 bits per heavy atom. The van der Waals surface area contributed by atoms with E-state index in [1.165, 1.54) is 24.3 Å². The summed E-state index contributed by atoms with van der Waals surface area (Å²) in [7, 11) is 0. The van der Waals surface area contributed by atoms with Gasteiger partial charge in [-0.1, -0.05) is 24.3 Å². The smallest absolute Gasteiger partial charge is 0.253 e. The maximum atomic E-state index is 13.1. The van der Waals surface area contributed by atoms with Gasteiger partial charge in [-0.15, -0.1) is 0 Å². The lowest BCUT2D eigenvalue weighted by Gasteiger charge is -2.32. The first-order chi connectivity index (χ1) is 15.1. The number of benzene rings is 2. The standard InChI is InChI=1S/C24H25FN4O2/c25-22-10-8-20(9-11-22)24(31)28-13-1-3-21(17-28)23(30)26-15-18-4-6-19(7-5-18)16-29-14-2-12-27-29/h2,4-12,14,21H,1,3,13,15-17H2,(H,26,30). The van der Waals surface area contributed by atoms with E-state index in [1.54, 1.807) is 11.1 Å². The van der Waals surface area contributed by atoms with Crippen LogP contribution in [-0.4, -0.2) is 39.6 Å². The van der Waals surface area contributed by atoms with E-state index in [2.05, 4.69) is 10.4 Å². The zero-order chi connectivity index (χ0) is 21.6. The average Bonchev–Trinajstić information content (AvgIpc) is 3.31. The number of likely N-dealkylation sites (tertiary alicyclic amines) is 1. The molecule has 2 amide bonds. The number of rotatable bonds is 6. The summed E-state index contributed by atoms with van der Waals surface area (Å²) in [5, 5.41) is 7.20. The maximum Gasteiger partial charge on any atom is 0.253 e. The molecule has 0 radical (unpaired) electrons. The van der Waals surface area contributed by atoms with Gasteiger partial charge in [-0.05, 0) is 54.3 Å². The number of aromatic nitrogens is 2. The molecule has 0 aliphatic carbocycles. The minimum Gasteiger partial charge on any atom is -0.352 e. The second kappa shape index (κ2) is 9.55. The van der Waals surface area contributed by atoms with Gasteiger partial charge in [0.1, 0.15) is 5.82 Å². The Balaban J connectivity index is 1.29. The molecule has 2 aromatic carbocycles. The number of amides is 2. The summed E-state index contributed by atoms with van der Waals surface area (Å²) in [6.07, 6.45) is 5.20. The quantitative estimate of drug-likeness (QED) is 0.666. The van der Waals surface area contributed by atoms with Crippen molar-refractivity contribution in [2.24, 2.45) is 5.92 Å². The number of nitrogens with zero attached hydrogens (tertiary/aromatic N) is 3. The lowest BCUT2D eigenvalue weighted by atomic mass is 9.96. The Bertz CT molecular complexity index is 1020. The van der Waals surface area contributed by atoms with Crippen molar-refractivity contribution in [3.05, 3.63) is 89.5 Å². The highest BCUT2D eigenvalue weighted by atomic mass is 19.1. The highest BCUT2D eigenvalue weighted by Gasteiger charge is 2.28. The van der Waals surface area contributed by atoms with Crippen LogP contribution in [0, 0.1) is 11.7 Å². The molecule has 1 atom stereocenters. The zero-order valence-corrected chi connectivity index (χ0v) is 17.2. The molecule has 1 aromatic heterocycles. The molecule has 1 aliphatic heterocycles. The van der Waals surface area contributed by atoms with Crippen molar-refractivity contribution in [3.8, 4) is 0 Å². The Morgan fingerprint density at radius 2 is 1.81 bits per heavy atom. The van der Waals surface area contributed by atoms with Crippen molar-refractivity contribution in [1.29, 1.82) is 0 Å². The van der Waals surface area contributed by atoms with Crippen LogP contribution in [0.15, 0.2) is 67.0 Å². The summed E-state index contributed by atoms with van der Waals surface area (Å²) in [6.45, 7) is 2.14. The summed E-state index contributed by atoms with van der Waals surface area (Å²) < 4.78 is 15.0. The van der Waals surface area contributed by atoms with Gasteiger partial charge < -0.3 is 10.2 Å². The first kappa shape index (κ1) is 20.8. The molecule has 1 unspecified atom stereocenters. The van der Waals surface area contributed by atoms with E-state index in [0.29, 0.717) is 31.7 Å². The Labute approximate surface area is 180 Å². The van der Waals surface area contributed by atoms with Gasteiger partial charge in [-0.25, -0.2) is 4.39 Å². The van der Waals surface area contributed by atoms with Gasteiger partial charge in [0.25, 0.3) is 5.91 Å². The van der Waals surface area contributed by atoms with Crippen LogP contribution in [0.25, 0.3) is 0 Å². The molecule has 160 valence electrons. The second-order valence-corrected chi connectivity index (χ2v) is 7.84. The number of halogens is 1. The third kappa shape index (κ3) is 5.36. The van der Waals surface area contributed by atoms with Crippen molar-refractivity contribution < 1.29 is 14.0 Å². The van der Waals surface area contributed by atoms with E-state index in [9.17, 15) is 14.0 Å². The minimum atomic E-state index is -0.373. The molecule has 4 rings (SSSR count). The van der Waals surface area contributed by atoms with Crippen LogP contribution in [0.2, 0.25) is 0 Å². The van der Waals surface area contributed by atoms with Gasteiger partial charge in [0.05, 0.1) is 12.5 Å². The topological polar surface area (TPSA) is 67.2 Å². The lowest BCUT2D eigenvalue weighted by Crippen LogP contribution is -2.45. The summed E-state index contributed by atoms with van der Waals surface area (Å²) in [6, 6.07) is 15.5. The van der Waals surface area contributed by atoms with Crippen LogP contribution in [0.3, 0.4) is 0 Å². The molecule has 1 N–H and O–H groups in total. The van der Waals surface area contributed by atoms with E-state index in [0.717, 1.165) is 24.0 Å². The van der Waals surface area contributed by atoms with E-state index >= 15 is 0 Å². The number of piperidine rings is 1. The summed E-state index contributed by atoms with van der Waals surface area (Å²) in [5.41, 5.74) is 2.60. The Hall–Kier alpha value is -3.48. The SMILES string of the molecule is O=C(NCc1ccc(Cn2cccn2)cc1)C1CCCN(C(=O)c2ccc(F)cc2)C1. The number of carbonyl (C=O) groups excluding carboxylic acids is 2. The zero-order valence-electron chi connectivity index (χ0n) is 17.2. The number of carbonyl (C=O) groups is 2. The van der Waals surface area contributed by atoms with E-state index in [4.69, 9.17) is 0 Å². The molecule has 3 aromatic rings. The van der Waals surface area contributed by atoms with Crippen molar-refractivity contribution in [2.75, 3.05) is 13.1 Å². The number of nitrogens with one attached hydrogen (secondary N) is 1. The average molecular weight is 420 g/mol. The van der Waals surface area contributed by atoms with Crippen molar-refractivity contribution in [2.45, 2.75) is 25.9 Å². The van der Waals surface area contributed by atoms with E-state index < -0.39 is 0 Å². The lowest BCUT2D eigenvalue weighted by molar-refractivity contribution is -0.126. The molecule has 2 heterocycles. The Morgan fingerprint density at radius 3 is 2.52 bits per heavy atom. The fourth-order valence-corrected chi connectivity index (χ4v) is 3.83. The first-order valence-corrected chi connectivity index (χ1v) is 10.5. The molecule has 1 fully saturated rings. The monoisotopic (exact) mass is 420 g/mol. The van der Waals surface area contributed by atoms with Crippen LogP contribution in [-0.2, 0) is 17.9 Å². The first-order valence-electron chi connectivity index (χ1n) is 10.5. The molecular formula is C24H25FN4O2. The third-order valence-corrected chi connectivity index (χ3v) is 5.56. The van der Waals surface area contributed by atoms with Gasteiger partial charge in [-0.2, -0.15) is 5.10 Å². The fourth-order valence-electron chi connectivity index (χ4n) is 3.83. The maximum absolute atomic E-state index is 13.1. The third-order valence-electron chi connectivity index (χ3n) is 5.56. The van der Waals surface area contributed by atoms with Gasteiger partial charge in [-0.3, -0.25) is 14.3 Å². The van der Waals surface area contributed by atoms with Crippen molar-refractivity contribution >= 4 is 11.8 Å². The molecule has 1 aliphatic rings. The molecule has 31 heavy (non-hydrogen) atoms. The summed E-state index contributed by atoms with van der Waals surface area (Å²) >= 11 is 0. The summed E-state index contributed by atoms with van der Waals surface area (Å²) in [5.74, 6) is -0.818. The molecule has 0 spiro atoms. The summed E-state index contributed by atoms with van der Waals surface area (Å²) in [4.78, 5) is 27.0. The van der Waals surface area contributed by atoms with Gasteiger partial charge in [0, 0.05) is 37.6 Å². The van der Waals surface area contributed by atoms with E-state index in [1.807, 2.05) is 41.2 Å². The van der Waals surface area contributed by atoms with Gasteiger partial charge >= 0.3 is 0 Å². The molecule has 7 heteroatoms. The van der Waals surface area contributed by atoms with E-state index in [-0.39, 0.29) is 23.5 Å². The molecule has 0 bridgehead atoms. The van der Waals surface area contributed by atoms with Gasteiger partial charge in [0.2, 0.25) is 5.91 Å². The van der Waals surface area contributed by atoms with Crippen LogP contribution in [0.4, 0.5) is 4.39 Å². The predicted octanol–water partition coefficient (Wildman–Crippen LogP) is 3.24. The fraction of sp³-hybridized carbons (Fsp3) is 0.292. The predicted molar refractivity (Wildman–Crippen MR) is 115 cm³/mol. The Kier molecular flexibility index (Phi) is 6.40. The number of hydrogen-bond acceptors (Lipinski definition) is 3. The second-order valence-electron chi connectivity index (χ2n) is 7.84. The normalized spacial score (nSPS) is 16.2. The van der Waals surface area contributed by atoms with Crippen LogP contribution < -0.4 is 5.32 Å². The molecular weight excluding hydrogens is 395 g/mol. The van der Waals surface area contributed by atoms with Crippen molar-refractivity contribution in [1.82, 2.24) is 20.0 Å². The van der Waals surface area contributed by atoms with Crippen molar-refractivity contribution in [3.63, 3.8) is 0 Å². The minimum absolute atomic E-state index is 0.0442.